The summed E-state index contributed by atoms with van der Waals surface area (Å²) in [7, 11) is 1.90. The van der Waals surface area contributed by atoms with Crippen molar-refractivity contribution in [1.82, 2.24) is 20.1 Å². The fourth-order valence-corrected chi connectivity index (χ4v) is 5.42. The van der Waals surface area contributed by atoms with Crippen molar-refractivity contribution < 1.29 is 4.79 Å². The predicted molar refractivity (Wildman–Crippen MR) is 146 cm³/mol. The minimum absolute atomic E-state index is 0.0762. The molecule has 37 heavy (non-hydrogen) atoms. The monoisotopic (exact) mass is 511 g/mol. The average Bonchev–Trinajstić information content (AvgIpc) is 3.61. The van der Waals surface area contributed by atoms with Crippen LogP contribution in [0.25, 0.3) is 11.1 Å². The van der Waals surface area contributed by atoms with Gasteiger partial charge in [0, 0.05) is 47.7 Å². The molecule has 0 radical (unpaired) electrons. The van der Waals surface area contributed by atoms with E-state index in [9.17, 15) is 4.79 Å². The smallest absolute Gasteiger partial charge is 0.322 e. The summed E-state index contributed by atoms with van der Waals surface area (Å²) in [6.07, 6.45) is 9.02. The molecule has 8 nitrogen and oxygen atoms in total. The Kier molecular flexibility index (Phi) is 7.47. The first-order chi connectivity index (χ1) is 18.1. The van der Waals surface area contributed by atoms with Gasteiger partial charge in [-0.05, 0) is 67.0 Å². The summed E-state index contributed by atoms with van der Waals surface area (Å²) in [5.74, 6) is 0.777. The zero-order valence-corrected chi connectivity index (χ0v) is 21.5. The van der Waals surface area contributed by atoms with E-state index < -0.39 is 0 Å². The first-order valence-corrected chi connectivity index (χ1v) is 13.3. The molecule has 0 spiro atoms. The lowest BCUT2D eigenvalue weighted by Gasteiger charge is -2.37. The maximum absolute atomic E-state index is 13.5. The molecule has 9 heteroatoms. The number of nitrogens with zero attached hydrogens (tertiary/aromatic N) is 5. The molecular formula is C28H29N7OS. The first kappa shape index (κ1) is 24.5. The second kappa shape index (κ2) is 11.3. The molecule has 0 unspecified atom stereocenters. The Balaban J connectivity index is 1.29. The van der Waals surface area contributed by atoms with E-state index in [1.807, 2.05) is 60.1 Å². The molecule has 1 aromatic carbocycles. The number of carbonyl (C=O) groups excluding carboxylic acids is 1. The molecule has 188 valence electrons. The number of hydrogen-bond acceptors (Lipinski definition) is 6. The van der Waals surface area contributed by atoms with Gasteiger partial charge in [-0.15, -0.1) is 11.3 Å². The molecule has 3 aromatic heterocycles. The fraction of sp³-hybridized carbons (Fsp3) is 0.286. The van der Waals surface area contributed by atoms with Crippen molar-refractivity contribution in [3.63, 3.8) is 0 Å². The van der Waals surface area contributed by atoms with Crippen molar-refractivity contribution in [3.8, 4) is 17.2 Å². The second-order valence-electron chi connectivity index (χ2n) is 9.25. The molecule has 5 rings (SSSR count). The van der Waals surface area contributed by atoms with Crippen molar-refractivity contribution in [3.05, 3.63) is 82.9 Å². The van der Waals surface area contributed by atoms with Crippen LogP contribution in [-0.4, -0.2) is 32.9 Å². The van der Waals surface area contributed by atoms with Crippen LogP contribution in [0.1, 0.15) is 36.1 Å². The molecular weight excluding hydrogens is 482 g/mol. The van der Waals surface area contributed by atoms with Gasteiger partial charge in [0.15, 0.2) is 0 Å². The Hall–Kier alpha value is -4.16. The molecule has 1 aliphatic carbocycles. The highest BCUT2D eigenvalue weighted by atomic mass is 32.1. The van der Waals surface area contributed by atoms with E-state index in [1.54, 1.807) is 28.3 Å². The minimum Gasteiger partial charge on any atom is -0.367 e. The number of urea groups is 1. The number of carbonyl (C=O) groups is 1. The molecule has 3 heterocycles. The highest BCUT2D eigenvalue weighted by molar-refractivity contribution is 7.09. The average molecular weight is 512 g/mol. The van der Waals surface area contributed by atoms with Crippen molar-refractivity contribution in [1.29, 1.82) is 5.26 Å². The number of hydrogen-bond donors (Lipinski definition) is 2. The molecule has 1 saturated carbocycles. The van der Waals surface area contributed by atoms with E-state index in [-0.39, 0.29) is 18.1 Å². The Labute approximate surface area is 220 Å². The third-order valence-corrected chi connectivity index (χ3v) is 7.58. The van der Waals surface area contributed by atoms with Crippen molar-refractivity contribution in [2.45, 2.75) is 44.3 Å². The summed E-state index contributed by atoms with van der Waals surface area (Å²) >= 11 is 1.64. The number of nitrogens with one attached hydrogen (secondary N) is 2. The Morgan fingerprint density at radius 3 is 2.54 bits per heavy atom. The highest BCUT2D eigenvalue weighted by Gasteiger charge is 2.30. The van der Waals surface area contributed by atoms with E-state index in [0.717, 1.165) is 53.2 Å². The number of anilines is 2. The van der Waals surface area contributed by atoms with Gasteiger partial charge in [-0.25, -0.2) is 9.78 Å². The number of amides is 2. The largest absolute Gasteiger partial charge is 0.367 e. The number of aryl methyl sites for hydroxylation is 1. The number of thiophene rings is 1. The number of aromatic nitrogens is 3. The molecule has 2 amide bonds. The van der Waals surface area contributed by atoms with Gasteiger partial charge in [0.2, 0.25) is 0 Å². The third-order valence-electron chi connectivity index (χ3n) is 6.70. The molecule has 4 aromatic rings. The van der Waals surface area contributed by atoms with Crippen LogP contribution in [-0.2, 0) is 13.6 Å². The summed E-state index contributed by atoms with van der Waals surface area (Å²) in [5, 5.41) is 21.9. The Morgan fingerprint density at radius 2 is 1.92 bits per heavy atom. The SMILES string of the molecule is Cn1cc(-c2ccc(N(C(=O)NCc3cccs3)C3CCC(Nc4ccc(C#N)cn4)CC3)cc2)cn1. The predicted octanol–water partition coefficient (Wildman–Crippen LogP) is 5.55. The summed E-state index contributed by atoms with van der Waals surface area (Å²) in [4.78, 5) is 20.9. The van der Waals surface area contributed by atoms with Crippen LogP contribution < -0.4 is 15.5 Å². The van der Waals surface area contributed by atoms with Crippen molar-refractivity contribution >= 4 is 28.9 Å². The number of benzene rings is 1. The Bertz CT molecular complexity index is 1350. The minimum atomic E-state index is -0.0762. The van der Waals surface area contributed by atoms with Gasteiger partial charge in [0.05, 0.1) is 18.3 Å². The maximum atomic E-state index is 13.5. The van der Waals surface area contributed by atoms with Crippen LogP contribution in [0.5, 0.6) is 0 Å². The zero-order valence-electron chi connectivity index (χ0n) is 20.7. The molecule has 0 aliphatic heterocycles. The standard InChI is InChI=1S/C28H29N7OS/c1-34-19-22(17-32-34)21-5-9-24(10-6-21)35(28(36)31-18-26-3-2-14-37-26)25-11-7-23(8-12-25)33-27-13-4-20(15-29)16-30-27/h2-6,9-10,13-14,16-17,19,23,25H,7-8,11-12,18H2,1H3,(H,30,33)(H,31,36). The number of pyridine rings is 1. The van der Waals surface area contributed by atoms with Gasteiger partial charge in [-0.1, -0.05) is 18.2 Å². The topological polar surface area (TPSA) is 98.9 Å². The molecule has 1 fully saturated rings. The lowest BCUT2D eigenvalue weighted by atomic mass is 9.89. The fourth-order valence-electron chi connectivity index (χ4n) is 4.77. The maximum Gasteiger partial charge on any atom is 0.322 e. The summed E-state index contributed by atoms with van der Waals surface area (Å²) in [6, 6.07) is 18.2. The van der Waals surface area contributed by atoms with Crippen LogP contribution in [0.4, 0.5) is 16.3 Å². The van der Waals surface area contributed by atoms with Gasteiger partial charge in [-0.3, -0.25) is 9.58 Å². The zero-order chi connectivity index (χ0) is 25.6. The Morgan fingerprint density at radius 1 is 1.11 bits per heavy atom. The van der Waals surface area contributed by atoms with Crippen LogP contribution in [0, 0.1) is 11.3 Å². The normalized spacial score (nSPS) is 17.1. The van der Waals surface area contributed by atoms with Crippen LogP contribution in [0.2, 0.25) is 0 Å². The molecule has 1 aliphatic rings. The van der Waals surface area contributed by atoms with Crippen LogP contribution in [0.3, 0.4) is 0 Å². The van der Waals surface area contributed by atoms with Gasteiger partial charge in [0.1, 0.15) is 11.9 Å². The van der Waals surface area contributed by atoms with E-state index in [2.05, 4.69) is 38.9 Å². The van der Waals surface area contributed by atoms with E-state index in [0.29, 0.717) is 12.1 Å². The second-order valence-corrected chi connectivity index (χ2v) is 10.3. The summed E-state index contributed by atoms with van der Waals surface area (Å²) < 4.78 is 1.79. The van der Waals surface area contributed by atoms with E-state index >= 15 is 0 Å². The number of nitriles is 1. The third kappa shape index (κ3) is 5.98. The molecule has 0 saturated heterocycles. The molecule has 0 bridgehead atoms. The van der Waals surface area contributed by atoms with E-state index in [1.165, 1.54) is 0 Å². The van der Waals surface area contributed by atoms with Gasteiger partial charge < -0.3 is 10.6 Å². The molecule has 2 N–H and O–H groups in total. The van der Waals surface area contributed by atoms with Crippen molar-refractivity contribution in [2.24, 2.45) is 7.05 Å². The van der Waals surface area contributed by atoms with Crippen LogP contribution >= 0.6 is 11.3 Å². The highest BCUT2D eigenvalue weighted by Crippen LogP contribution is 2.31. The van der Waals surface area contributed by atoms with Gasteiger partial charge in [0.25, 0.3) is 0 Å². The van der Waals surface area contributed by atoms with Gasteiger partial charge in [-0.2, -0.15) is 10.4 Å². The number of rotatable bonds is 7. The van der Waals surface area contributed by atoms with E-state index in [4.69, 9.17) is 5.26 Å². The van der Waals surface area contributed by atoms with Crippen LogP contribution in [0.15, 0.2) is 72.5 Å². The van der Waals surface area contributed by atoms with Crippen molar-refractivity contribution in [2.75, 3.05) is 10.2 Å². The summed E-state index contributed by atoms with van der Waals surface area (Å²) in [6.45, 7) is 0.516. The lowest BCUT2D eigenvalue weighted by molar-refractivity contribution is 0.240. The van der Waals surface area contributed by atoms with Gasteiger partial charge >= 0.3 is 6.03 Å². The molecule has 0 atom stereocenters. The quantitative estimate of drug-likeness (QED) is 0.339. The summed E-state index contributed by atoms with van der Waals surface area (Å²) in [5.41, 5.74) is 3.55. The lowest BCUT2D eigenvalue weighted by Crippen LogP contribution is -2.48. The first-order valence-electron chi connectivity index (χ1n) is 12.4.